The third-order valence-corrected chi connectivity index (χ3v) is 3.93. The first-order valence-electron chi connectivity index (χ1n) is 7.26. The molecule has 1 aromatic rings. The minimum Gasteiger partial charge on any atom is -0.497 e. The van der Waals surface area contributed by atoms with Crippen molar-refractivity contribution in [1.29, 1.82) is 0 Å². The van der Waals surface area contributed by atoms with Gasteiger partial charge in [-0.2, -0.15) is 0 Å². The van der Waals surface area contributed by atoms with Crippen molar-refractivity contribution in [2.45, 2.75) is 38.1 Å². The largest absolute Gasteiger partial charge is 0.497 e. The number of hydrogen-bond donors (Lipinski definition) is 2. The molecule has 20 heavy (non-hydrogen) atoms. The summed E-state index contributed by atoms with van der Waals surface area (Å²) >= 11 is 0. The van der Waals surface area contributed by atoms with Crippen molar-refractivity contribution >= 4 is 5.91 Å². The highest BCUT2D eigenvalue weighted by Crippen LogP contribution is 2.17. The summed E-state index contributed by atoms with van der Waals surface area (Å²) in [5, 5.41) is 6.48. The Labute approximate surface area is 120 Å². The maximum absolute atomic E-state index is 11.9. The van der Waals surface area contributed by atoms with E-state index in [1.54, 1.807) is 7.11 Å². The van der Waals surface area contributed by atoms with E-state index < -0.39 is 0 Å². The number of carbonyl (C=O) groups is 1. The standard InChI is InChI=1S/C16H24N2O2/c1-16(10-3-11-18-16)12-17-15(19)9-6-13-4-7-14(20-2)8-5-13/h4-5,7-8,18H,3,6,9-12H2,1-2H3,(H,17,19). The van der Waals surface area contributed by atoms with Crippen molar-refractivity contribution in [3.63, 3.8) is 0 Å². The Morgan fingerprint density at radius 1 is 1.40 bits per heavy atom. The highest BCUT2D eigenvalue weighted by atomic mass is 16.5. The van der Waals surface area contributed by atoms with Gasteiger partial charge in [0.15, 0.2) is 0 Å². The third kappa shape index (κ3) is 4.23. The van der Waals surface area contributed by atoms with Crippen molar-refractivity contribution in [3.05, 3.63) is 29.8 Å². The second kappa shape index (κ2) is 6.75. The summed E-state index contributed by atoms with van der Waals surface area (Å²) in [4.78, 5) is 11.9. The summed E-state index contributed by atoms with van der Waals surface area (Å²) in [5.74, 6) is 0.967. The highest BCUT2D eigenvalue weighted by molar-refractivity contribution is 5.76. The third-order valence-electron chi connectivity index (χ3n) is 3.93. The lowest BCUT2D eigenvalue weighted by Crippen LogP contribution is -2.47. The van der Waals surface area contributed by atoms with E-state index in [0.717, 1.165) is 30.7 Å². The Morgan fingerprint density at radius 2 is 2.15 bits per heavy atom. The zero-order chi connectivity index (χ0) is 14.4. The molecule has 0 aliphatic carbocycles. The number of rotatable bonds is 6. The Hall–Kier alpha value is -1.55. The molecule has 1 amide bonds. The van der Waals surface area contributed by atoms with Gasteiger partial charge in [0.2, 0.25) is 5.91 Å². The van der Waals surface area contributed by atoms with E-state index in [2.05, 4.69) is 17.6 Å². The maximum atomic E-state index is 11.9. The number of carbonyl (C=O) groups excluding carboxylic acids is 1. The van der Waals surface area contributed by atoms with Crippen LogP contribution in [0.15, 0.2) is 24.3 Å². The van der Waals surface area contributed by atoms with Crippen LogP contribution in [0.1, 0.15) is 31.7 Å². The first-order chi connectivity index (χ1) is 9.61. The fourth-order valence-corrected chi connectivity index (χ4v) is 2.54. The van der Waals surface area contributed by atoms with E-state index in [1.165, 1.54) is 6.42 Å². The average Bonchev–Trinajstić information content (AvgIpc) is 2.91. The number of methoxy groups -OCH3 is 1. The van der Waals surface area contributed by atoms with Gasteiger partial charge in [-0.15, -0.1) is 0 Å². The topological polar surface area (TPSA) is 50.4 Å². The molecule has 1 unspecified atom stereocenters. The van der Waals surface area contributed by atoms with Crippen LogP contribution in [0.3, 0.4) is 0 Å². The lowest BCUT2D eigenvalue weighted by atomic mass is 10.0. The molecular formula is C16H24N2O2. The van der Waals surface area contributed by atoms with Crippen LogP contribution in [-0.4, -0.2) is 31.6 Å². The van der Waals surface area contributed by atoms with E-state index in [1.807, 2.05) is 24.3 Å². The number of benzene rings is 1. The normalized spacial score (nSPS) is 21.7. The first-order valence-corrected chi connectivity index (χ1v) is 7.26. The van der Waals surface area contributed by atoms with Gasteiger partial charge < -0.3 is 15.4 Å². The average molecular weight is 276 g/mol. The molecule has 0 spiro atoms. The van der Waals surface area contributed by atoms with Crippen molar-refractivity contribution in [2.75, 3.05) is 20.2 Å². The van der Waals surface area contributed by atoms with E-state index in [-0.39, 0.29) is 11.4 Å². The molecule has 0 bridgehead atoms. The summed E-state index contributed by atoms with van der Waals surface area (Å²) in [6.07, 6.45) is 3.62. The molecular weight excluding hydrogens is 252 g/mol. The van der Waals surface area contributed by atoms with Crippen LogP contribution in [0.4, 0.5) is 0 Å². The van der Waals surface area contributed by atoms with Crippen molar-refractivity contribution in [1.82, 2.24) is 10.6 Å². The Balaban J connectivity index is 1.71. The number of amides is 1. The minimum atomic E-state index is 0.0791. The quantitative estimate of drug-likeness (QED) is 0.834. The first kappa shape index (κ1) is 14.9. The zero-order valence-electron chi connectivity index (χ0n) is 12.4. The van der Waals surface area contributed by atoms with Gasteiger partial charge in [-0.1, -0.05) is 12.1 Å². The van der Waals surface area contributed by atoms with Crippen LogP contribution in [0.5, 0.6) is 5.75 Å². The molecule has 0 radical (unpaired) electrons. The van der Waals surface area contributed by atoms with E-state index >= 15 is 0 Å². The second-order valence-electron chi connectivity index (χ2n) is 5.72. The molecule has 1 aliphatic rings. The van der Waals surface area contributed by atoms with Gasteiger partial charge in [0.05, 0.1) is 7.11 Å². The number of ether oxygens (including phenoxy) is 1. The van der Waals surface area contributed by atoms with Crippen LogP contribution >= 0.6 is 0 Å². The summed E-state index contributed by atoms with van der Waals surface area (Å²) in [6, 6.07) is 7.87. The zero-order valence-corrected chi connectivity index (χ0v) is 12.4. The molecule has 1 fully saturated rings. The van der Waals surface area contributed by atoms with E-state index in [9.17, 15) is 4.79 Å². The fourth-order valence-electron chi connectivity index (χ4n) is 2.54. The maximum Gasteiger partial charge on any atom is 0.220 e. The predicted octanol–water partition coefficient (Wildman–Crippen LogP) is 1.89. The van der Waals surface area contributed by atoms with E-state index in [0.29, 0.717) is 13.0 Å². The molecule has 4 nitrogen and oxygen atoms in total. The molecule has 1 atom stereocenters. The molecule has 1 saturated heterocycles. The monoisotopic (exact) mass is 276 g/mol. The summed E-state index contributed by atoms with van der Waals surface area (Å²) in [5.41, 5.74) is 1.24. The summed E-state index contributed by atoms with van der Waals surface area (Å²) in [7, 11) is 1.65. The summed E-state index contributed by atoms with van der Waals surface area (Å²) in [6.45, 7) is 3.94. The smallest absolute Gasteiger partial charge is 0.220 e. The minimum absolute atomic E-state index is 0.0791. The lowest BCUT2D eigenvalue weighted by molar-refractivity contribution is -0.121. The lowest BCUT2D eigenvalue weighted by Gasteiger charge is -2.24. The molecule has 2 N–H and O–H groups in total. The molecule has 1 aromatic carbocycles. The van der Waals surface area contributed by atoms with Gasteiger partial charge in [0.1, 0.15) is 5.75 Å². The van der Waals surface area contributed by atoms with Crippen molar-refractivity contribution < 1.29 is 9.53 Å². The van der Waals surface area contributed by atoms with Gasteiger partial charge in [-0.25, -0.2) is 0 Å². The van der Waals surface area contributed by atoms with Crippen molar-refractivity contribution in [3.8, 4) is 5.75 Å². The molecule has 110 valence electrons. The van der Waals surface area contributed by atoms with Crippen molar-refractivity contribution in [2.24, 2.45) is 0 Å². The van der Waals surface area contributed by atoms with Gasteiger partial charge in [0.25, 0.3) is 0 Å². The molecule has 0 saturated carbocycles. The highest BCUT2D eigenvalue weighted by Gasteiger charge is 2.27. The predicted molar refractivity (Wildman–Crippen MR) is 80.0 cm³/mol. The Bertz CT molecular complexity index is 436. The molecule has 4 heteroatoms. The second-order valence-corrected chi connectivity index (χ2v) is 5.72. The van der Waals surface area contributed by atoms with Crippen LogP contribution in [0.2, 0.25) is 0 Å². The van der Waals surface area contributed by atoms with Gasteiger partial charge in [-0.05, 0) is 50.4 Å². The number of nitrogens with one attached hydrogen (secondary N) is 2. The van der Waals surface area contributed by atoms with Gasteiger partial charge >= 0.3 is 0 Å². The van der Waals surface area contributed by atoms with Crippen LogP contribution < -0.4 is 15.4 Å². The van der Waals surface area contributed by atoms with Gasteiger partial charge in [0, 0.05) is 18.5 Å². The SMILES string of the molecule is COc1ccc(CCC(=O)NCC2(C)CCCN2)cc1. The van der Waals surface area contributed by atoms with Crippen LogP contribution in [0, 0.1) is 0 Å². The molecule has 2 rings (SSSR count). The van der Waals surface area contributed by atoms with Crippen LogP contribution in [-0.2, 0) is 11.2 Å². The molecule has 0 aromatic heterocycles. The van der Waals surface area contributed by atoms with Crippen LogP contribution in [0.25, 0.3) is 0 Å². The Morgan fingerprint density at radius 3 is 2.75 bits per heavy atom. The summed E-state index contributed by atoms with van der Waals surface area (Å²) < 4.78 is 5.12. The number of hydrogen-bond acceptors (Lipinski definition) is 3. The van der Waals surface area contributed by atoms with E-state index in [4.69, 9.17) is 4.74 Å². The van der Waals surface area contributed by atoms with Gasteiger partial charge in [-0.3, -0.25) is 4.79 Å². The number of aryl methyl sites for hydroxylation is 1. The molecule has 1 heterocycles. The molecule has 1 aliphatic heterocycles. The Kier molecular flexibility index (Phi) is 5.01. The fraction of sp³-hybridized carbons (Fsp3) is 0.562.